The second kappa shape index (κ2) is 2.40. The molecule has 0 aromatic carbocycles. The summed E-state index contributed by atoms with van der Waals surface area (Å²) in [6.45, 7) is 10.0. The van der Waals surface area contributed by atoms with Crippen molar-refractivity contribution in [3.05, 3.63) is 0 Å². The Kier molecular flexibility index (Phi) is 2.44. The zero-order valence-electron chi connectivity index (χ0n) is 6.99. The van der Waals surface area contributed by atoms with E-state index >= 15 is 0 Å². The molecule has 0 aliphatic carbocycles. The number of hydrogen-bond acceptors (Lipinski definition) is 2. The van der Waals surface area contributed by atoms with Crippen LogP contribution in [0.3, 0.4) is 0 Å². The molecule has 0 aromatic rings. The van der Waals surface area contributed by atoms with Crippen LogP contribution in [-0.2, 0) is 4.43 Å². The number of hydrogen-bond donors (Lipinski definition) is 1. The second-order valence-corrected chi connectivity index (χ2v) is 7.23. The van der Waals surface area contributed by atoms with Gasteiger partial charge in [0, 0.05) is 5.60 Å². The van der Waals surface area contributed by atoms with Gasteiger partial charge in [0.1, 0.15) is 0 Å². The Morgan fingerprint density at radius 2 is 1.56 bits per heavy atom. The van der Waals surface area contributed by atoms with Crippen molar-refractivity contribution in [1.82, 2.24) is 0 Å². The predicted octanol–water partition coefficient (Wildman–Crippen LogP) is 1.46. The van der Waals surface area contributed by atoms with Crippen molar-refractivity contribution in [2.75, 3.05) is 0 Å². The molecule has 0 bridgehead atoms. The van der Waals surface area contributed by atoms with Gasteiger partial charge in [-0.25, -0.2) is 0 Å². The minimum absolute atomic E-state index is 0.0789. The van der Waals surface area contributed by atoms with Crippen molar-refractivity contribution in [3.8, 4) is 0 Å². The average Bonchev–Trinajstić information content (AvgIpc) is 1.14. The molecule has 2 nitrogen and oxygen atoms in total. The molecule has 0 radical (unpaired) electrons. The van der Waals surface area contributed by atoms with Crippen LogP contribution in [0.2, 0.25) is 13.1 Å². The van der Waals surface area contributed by atoms with Crippen LogP contribution in [0.5, 0.6) is 0 Å². The summed E-state index contributed by atoms with van der Waals surface area (Å²) in [5, 5.41) is 5.74. The van der Waals surface area contributed by atoms with Crippen molar-refractivity contribution in [1.29, 1.82) is 0 Å². The fourth-order valence-electron chi connectivity index (χ4n) is 0.789. The van der Waals surface area contributed by atoms with Gasteiger partial charge in [0.05, 0.1) is 0 Å². The van der Waals surface area contributed by atoms with E-state index in [1.807, 2.05) is 33.9 Å². The Balaban J connectivity index is 3.75. The molecule has 0 atom stereocenters. The summed E-state index contributed by atoms with van der Waals surface area (Å²) in [7, 11) is -1.79. The molecule has 0 saturated carbocycles. The quantitative estimate of drug-likeness (QED) is 0.570. The minimum Gasteiger partial charge on any atom is -0.399 e. The molecule has 0 aromatic heterocycles. The van der Waals surface area contributed by atoms with Gasteiger partial charge in [0.2, 0.25) is 0 Å². The van der Waals surface area contributed by atoms with Gasteiger partial charge in [-0.1, -0.05) is 0 Å². The maximum Gasteiger partial charge on any atom is 0.260 e. The zero-order chi connectivity index (χ0) is 7.71. The highest BCUT2D eigenvalue weighted by Crippen LogP contribution is 2.11. The van der Waals surface area contributed by atoms with E-state index < -0.39 is 8.48 Å². The molecular formula is C6H17NOSi. The topological polar surface area (TPSA) is 35.2 Å². The summed E-state index contributed by atoms with van der Waals surface area (Å²) in [5.74, 6) is 0. The largest absolute Gasteiger partial charge is 0.399 e. The monoisotopic (exact) mass is 147 g/mol. The molecule has 0 fully saturated rings. The molecule has 2 N–H and O–H groups in total. The third kappa shape index (κ3) is 8.14. The Morgan fingerprint density at radius 1 is 1.22 bits per heavy atom. The third-order valence-corrected chi connectivity index (χ3v) is 1.71. The smallest absolute Gasteiger partial charge is 0.260 e. The first-order chi connectivity index (χ1) is 3.71. The van der Waals surface area contributed by atoms with Crippen molar-refractivity contribution in [2.24, 2.45) is 5.40 Å². The number of nitrogens with two attached hydrogens (primary N) is 1. The molecule has 0 amide bonds. The fraction of sp³-hybridized carbons (Fsp3) is 1.00. The van der Waals surface area contributed by atoms with Crippen LogP contribution in [-0.4, -0.2) is 14.1 Å². The Bertz CT molecular complexity index is 78.2. The first-order valence-corrected chi connectivity index (χ1v) is 6.18. The number of rotatable bonds is 1. The summed E-state index contributed by atoms with van der Waals surface area (Å²) >= 11 is 0. The lowest BCUT2D eigenvalue weighted by molar-refractivity contribution is 0.120. The van der Waals surface area contributed by atoms with Crippen LogP contribution < -0.4 is 5.40 Å². The first kappa shape index (κ1) is 9.14. The van der Waals surface area contributed by atoms with Crippen LogP contribution in [0, 0.1) is 0 Å². The highest BCUT2D eigenvalue weighted by molar-refractivity contribution is 6.67. The van der Waals surface area contributed by atoms with Crippen molar-refractivity contribution < 1.29 is 4.43 Å². The van der Waals surface area contributed by atoms with E-state index in [-0.39, 0.29) is 5.60 Å². The Labute approximate surface area is 58.6 Å². The maximum absolute atomic E-state index is 5.74. The molecule has 9 heavy (non-hydrogen) atoms. The van der Waals surface area contributed by atoms with Gasteiger partial charge in [-0.3, -0.25) is 0 Å². The third-order valence-electron chi connectivity index (χ3n) is 0.569. The molecule has 3 heteroatoms. The maximum atomic E-state index is 5.74. The molecule has 0 heterocycles. The highest BCUT2D eigenvalue weighted by atomic mass is 28.4. The van der Waals surface area contributed by atoms with E-state index in [1.165, 1.54) is 0 Å². The van der Waals surface area contributed by atoms with Gasteiger partial charge in [0.15, 0.2) is 0 Å². The fourth-order valence-corrected chi connectivity index (χ4v) is 2.37. The van der Waals surface area contributed by atoms with E-state index in [0.717, 1.165) is 0 Å². The SMILES string of the molecule is CC(C)(C)O[Si](C)(C)N. The van der Waals surface area contributed by atoms with E-state index in [9.17, 15) is 0 Å². The standard InChI is InChI=1S/C6H17NOSi/c1-6(2,3)8-9(4,5)7/h7H2,1-5H3. The van der Waals surface area contributed by atoms with Crippen molar-refractivity contribution >= 4 is 8.48 Å². The molecule has 0 unspecified atom stereocenters. The Morgan fingerprint density at radius 3 is 1.56 bits per heavy atom. The normalized spacial score (nSPS) is 14.0. The van der Waals surface area contributed by atoms with Gasteiger partial charge in [-0.2, -0.15) is 0 Å². The molecule has 0 spiro atoms. The van der Waals surface area contributed by atoms with Crippen LogP contribution in [0.1, 0.15) is 20.8 Å². The van der Waals surface area contributed by atoms with Gasteiger partial charge in [-0.15, -0.1) is 0 Å². The van der Waals surface area contributed by atoms with Crippen molar-refractivity contribution in [2.45, 2.75) is 39.5 Å². The molecular weight excluding hydrogens is 130 g/mol. The van der Waals surface area contributed by atoms with Crippen LogP contribution in [0.4, 0.5) is 0 Å². The minimum atomic E-state index is -1.79. The average molecular weight is 147 g/mol. The summed E-state index contributed by atoms with van der Waals surface area (Å²) in [6, 6.07) is 0. The highest BCUT2D eigenvalue weighted by Gasteiger charge is 2.23. The van der Waals surface area contributed by atoms with Gasteiger partial charge >= 0.3 is 0 Å². The van der Waals surface area contributed by atoms with E-state index in [1.54, 1.807) is 0 Å². The van der Waals surface area contributed by atoms with Crippen LogP contribution >= 0.6 is 0 Å². The Hall–Kier alpha value is 0.137. The molecule has 0 rings (SSSR count). The van der Waals surface area contributed by atoms with E-state index in [0.29, 0.717) is 0 Å². The molecule has 0 aliphatic rings. The van der Waals surface area contributed by atoms with Crippen LogP contribution in [0.25, 0.3) is 0 Å². The lowest BCUT2D eigenvalue weighted by Gasteiger charge is -2.28. The lowest BCUT2D eigenvalue weighted by Crippen LogP contribution is -2.47. The van der Waals surface area contributed by atoms with E-state index in [4.69, 9.17) is 9.83 Å². The van der Waals surface area contributed by atoms with Gasteiger partial charge < -0.3 is 9.83 Å². The van der Waals surface area contributed by atoms with Crippen LogP contribution in [0.15, 0.2) is 0 Å². The summed E-state index contributed by atoms with van der Waals surface area (Å²) < 4.78 is 5.54. The predicted molar refractivity (Wildman–Crippen MR) is 42.5 cm³/mol. The summed E-state index contributed by atoms with van der Waals surface area (Å²) in [5.41, 5.74) is -0.0789. The van der Waals surface area contributed by atoms with Gasteiger partial charge in [0.25, 0.3) is 8.48 Å². The molecule has 0 aliphatic heterocycles. The zero-order valence-corrected chi connectivity index (χ0v) is 7.99. The summed E-state index contributed by atoms with van der Waals surface area (Å²) in [4.78, 5) is 0. The van der Waals surface area contributed by atoms with Gasteiger partial charge in [-0.05, 0) is 33.9 Å². The second-order valence-electron chi connectivity index (χ2n) is 3.82. The first-order valence-electron chi connectivity index (χ1n) is 3.20. The van der Waals surface area contributed by atoms with E-state index in [2.05, 4.69) is 0 Å². The summed E-state index contributed by atoms with van der Waals surface area (Å²) in [6.07, 6.45) is 0. The molecule has 0 saturated heterocycles. The lowest BCUT2D eigenvalue weighted by atomic mass is 10.2. The molecule has 56 valence electrons. The van der Waals surface area contributed by atoms with Crippen molar-refractivity contribution in [3.63, 3.8) is 0 Å².